The van der Waals surface area contributed by atoms with Gasteiger partial charge in [0.15, 0.2) is 0 Å². The van der Waals surface area contributed by atoms with Crippen LogP contribution in [0.1, 0.15) is 34.6 Å². The Morgan fingerprint density at radius 3 is 1.64 bits per heavy atom. The molecule has 0 radical (unpaired) electrons. The average molecular weight is 155 g/mol. The maximum absolute atomic E-state index is 5.94. The van der Waals surface area contributed by atoms with E-state index < -0.39 is 0 Å². The van der Waals surface area contributed by atoms with E-state index in [-0.39, 0.29) is 0 Å². The molecule has 0 aromatic carbocycles. The molecule has 11 heavy (non-hydrogen) atoms. The van der Waals surface area contributed by atoms with Gasteiger partial charge in [-0.05, 0) is 30.1 Å². The first kappa shape index (κ1) is 9.05. The van der Waals surface area contributed by atoms with Crippen LogP contribution in [-0.4, -0.2) is 6.04 Å². The Bertz CT molecular complexity index is 141. The predicted molar refractivity (Wildman–Crippen MR) is 49.2 cm³/mol. The van der Waals surface area contributed by atoms with Crippen LogP contribution in [0.15, 0.2) is 0 Å². The second kappa shape index (κ2) is 2.48. The largest absolute Gasteiger partial charge is 0.327 e. The van der Waals surface area contributed by atoms with Crippen molar-refractivity contribution in [2.24, 2.45) is 28.9 Å². The maximum atomic E-state index is 5.94. The van der Waals surface area contributed by atoms with Gasteiger partial charge in [0.05, 0.1) is 0 Å². The lowest BCUT2D eigenvalue weighted by Gasteiger charge is -2.29. The van der Waals surface area contributed by atoms with E-state index in [1.807, 2.05) is 0 Å². The van der Waals surface area contributed by atoms with E-state index >= 15 is 0 Å². The molecule has 0 aliphatic heterocycles. The molecule has 0 spiro atoms. The number of hydrogen-bond acceptors (Lipinski definition) is 1. The summed E-state index contributed by atoms with van der Waals surface area (Å²) in [5.74, 6) is 2.62. The molecule has 3 atom stereocenters. The van der Waals surface area contributed by atoms with Crippen molar-refractivity contribution < 1.29 is 0 Å². The van der Waals surface area contributed by atoms with E-state index in [1.165, 1.54) is 0 Å². The van der Waals surface area contributed by atoms with Gasteiger partial charge >= 0.3 is 0 Å². The third kappa shape index (κ3) is 1.31. The summed E-state index contributed by atoms with van der Waals surface area (Å²) in [6.45, 7) is 11.4. The molecule has 1 saturated carbocycles. The molecular weight excluding hydrogens is 134 g/mol. The minimum Gasteiger partial charge on any atom is -0.327 e. The SMILES string of the molecule is CC1C(C)C1C(C)(C)C(C)N. The van der Waals surface area contributed by atoms with E-state index in [1.54, 1.807) is 0 Å². The summed E-state index contributed by atoms with van der Waals surface area (Å²) in [5.41, 5.74) is 6.27. The Kier molecular flexibility index (Phi) is 2.04. The summed E-state index contributed by atoms with van der Waals surface area (Å²) < 4.78 is 0. The fourth-order valence-electron chi connectivity index (χ4n) is 2.32. The van der Waals surface area contributed by atoms with Gasteiger partial charge in [0.1, 0.15) is 0 Å². The Balaban J connectivity index is 2.61. The zero-order valence-electron chi connectivity index (χ0n) is 8.39. The van der Waals surface area contributed by atoms with E-state index in [9.17, 15) is 0 Å². The molecule has 66 valence electrons. The number of rotatable bonds is 2. The highest BCUT2D eigenvalue weighted by Crippen LogP contribution is 2.56. The van der Waals surface area contributed by atoms with E-state index in [4.69, 9.17) is 5.73 Å². The van der Waals surface area contributed by atoms with Crippen LogP contribution in [-0.2, 0) is 0 Å². The first-order valence-corrected chi connectivity index (χ1v) is 4.64. The fourth-order valence-corrected chi connectivity index (χ4v) is 2.32. The zero-order chi connectivity index (χ0) is 8.81. The lowest BCUT2D eigenvalue weighted by Crippen LogP contribution is -2.37. The monoisotopic (exact) mass is 155 g/mol. The van der Waals surface area contributed by atoms with Crippen molar-refractivity contribution >= 4 is 0 Å². The maximum Gasteiger partial charge on any atom is 0.00645 e. The highest BCUT2D eigenvalue weighted by Gasteiger charge is 2.52. The van der Waals surface area contributed by atoms with Crippen LogP contribution >= 0.6 is 0 Å². The smallest absolute Gasteiger partial charge is 0.00645 e. The molecule has 1 aliphatic rings. The van der Waals surface area contributed by atoms with Crippen molar-refractivity contribution in [3.63, 3.8) is 0 Å². The van der Waals surface area contributed by atoms with Gasteiger partial charge in [0, 0.05) is 6.04 Å². The van der Waals surface area contributed by atoms with E-state index in [0.29, 0.717) is 11.5 Å². The molecule has 0 aromatic heterocycles. The molecule has 1 nitrogen and oxygen atoms in total. The lowest BCUT2D eigenvalue weighted by atomic mass is 9.79. The van der Waals surface area contributed by atoms with Gasteiger partial charge in [-0.15, -0.1) is 0 Å². The van der Waals surface area contributed by atoms with Crippen molar-refractivity contribution in [1.29, 1.82) is 0 Å². The van der Waals surface area contributed by atoms with Gasteiger partial charge in [-0.1, -0.05) is 27.7 Å². The molecule has 0 aromatic rings. The second-order valence-electron chi connectivity index (χ2n) is 4.85. The van der Waals surface area contributed by atoms with Crippen LogP contribution in [0.4, 0.5) is 0 Å². The molecule has 0 bridgehead atoms. The minimum atomic E-state index is 0.319. The van der Waals surface area contributed by atoms with Crippen LogP contribution in [0.3, 0.4) is 0 Å². The molecule has 0 heterocycles. The third-order valence-corrected chi connectivity index (χ3v) is 3.85. The average Bonchev–Trinajstić information content (AvgIpc) is 2.41. The Labute approximate surface area is 70.4 Å². The fraction of sp³-hybridized carbons (Fsp3) is 1.00. The first-order chi connectivity index (χ1) is 4.89. The van der Waals surface area contributed by atoms with Crippen LogP contribution in [0.5, 0.6) is 0 Å². The van der Waals surface area contributed by atoms with E-state index in [2.05, 4.69) is 34.6 Å². The summed E-state index contributed by atoms with van der Waals surface area (Å²) in [5, 5.41) is 0. The number of hydrogen-bond donors (Lipinski definition) is 1. The predicted octanol–water partition coefficient (Wildman–Crippen LogP) is 2.26. The summed E-state index contributed by atoms with van der Waals surface area (Å²) in [6.07, 6.45) is 0. The standard InChI is InChI=1S/C10H21N/c1-6-7(2)9(6)10(4,5)8(3)11/h6-9H,11H2,1-5H3. The van der Waals surface area contributed by atoms with Crippen LogP contribution in [0, 0.1) is 23.2 Å². The number of nitrogens with two attached hydrogens (primary N) is 1. The van der Waals surface area contributed by atoms with Gasteiger partial charge < -0.3 is 5.73 Å². The van der Waals surface area contributed by atoms with Crippen molar-refractivity contribution in [3.05, 3.63) is 0 Å². The molecule has 0 saturated heterocycles. The minimum absolute atomic E-state index is 0.319. The molecule has 1 rings (SSSR count). The summed E-state index contributed by atoms with van der Waals surface area (Å²) in [6, 6.07) is 0.319. The lowest BCUT2D eigenvalue weighted by molar-refractivity contribution is 0.235. The van der Waals surface area contributed by atoms with Gasteiger partial charge in [-0.25, -0.2) is 0 Å². The van der Waals surface area contributed by atoms with E-state index in [0.717, 1.165) is 17.8 Å². The molecule has 1 heteroatoms. The van der Waals surface area contributed by atoms with Crippen LogP contribution in [0.25, 0.3) is 0 Å². The van der Waals surface area contributed by atoms with Crippen molar-refractivity contribution in [3.8, 4) is 0 Å². The van der Waals surface area contributed by atoms with Gasteiger partial charge in [-0.3, -0.25) is 0 Å². The van der Waals surface area contributed by atoms with Gasteiger partial charge in [-0.2, -0.15) is 0 Å². The molecule has 1 aliphatic carbocycles. The summed E-state index contributed by atoms with van der Waals surface area (Å²) >= 11 is 0. The molecule has 3 unspecified atom stereocenters. The van der Waals surface area contributed by atoms with Crippen LogP contribution in [0.2, 0.25) is 0 Å². The molecule has 1 fully saturated rings. The van der Waals surface area contributed by atoms with Gasteiger partial charge in [0.2, 0.25) is 0 Å². The van der Waals surface area contributed by atoms with Crippen LogP contribution < -0.4 is 5.73 Å². The highest BCUT2D eigenvalue weighted by atomic mass is 14.7. The Morgan fingerprint density at radius 2 is 1.55 bits per heavy atom. The topological polar surface area (TPSA) is 26.0 Å². The quantitative estimate of drug-likeness (QED) is 0.650. The molecule has 0 amide bonds. The van der Waals surface area contributed by atoms with Crippen molar-refractivity contribution in [1.82, 2.24) is 0 Å². The molecular formula is C10H21N. The summed E-state index contributed by atoms with van der Waals surface area (Å²) in [7, 11) is 0. The van der Waals surface area contributed by atoms with Crippen molar-refractivity contribution in [2.45, 2.75) is 40.7 Å². The Hall–Kier alpha value is -0.0400. The zero-order valence-corrected chi connectivity index (χ0v) is 8.39. The normalized spacial score (nSPS) is 40.4. The molecule has 2 N–H and O–H groups in total. The highest BCUT2D eigenvalue weighted by molar-refractivity contribution is 5.02. The first-order valence-electron chi connectivity index (χ1n) is 4.64. The van der Waals surface area contributed by atoms with Gasteiger partial charge in [0.25, 0.3) is 0 Å². The Morgan fingerprint density at radius 1 is 1.18 bits per heavy atom. The summed E-state index contributed by atoms with van der Waals surface area (Å²) in [4.78, 5) is 0. The van der Waals surface area contributed by atoms with Crippen molar-refractivity contribution in [2.75, 3.05) is 0 Å². The second-order valence-corrected chi connectivity index (χ2v) is 4.85. The third-order valence-electron chi connectivity index (χ3n) is 3.85.